The Morgan fingerprint density at radius 2 is 1.57 bits per heavy atom. The first-order valence-corrected chi connectivity index (χ1v) is 22.3. The fourth-order valence-corrected chi connectivity index (χ4v) is 9.24. The molecule has 6 amide bonds. The molecule has 0 radical (unpaired) electrons. The van der Waals surface area contributed by atoms with Crippen molar-refractivity contribution in [1.29, 1.82) is 0 Å². The van der Waals surface area contributed by atoms with Crippen LogP contribution in [0.15, 0.2) is 48.7 Å². The largest absolute Gasteiger partial charge is 0.495 e. The number of rotatable bonds is 12. The zero-order valence-electron chi connectivity index (χ0n) is 36.6. The van der Waals surface area contributed by atoms with Gasteiger partial charge in [0.1, 0.15) is 17.5 Å². The Kier molecular flexibility index (Phi) is 13.4. The van der Waals surface area contributed by atoms with Gasteiger partial charge in [0, 0.05) is 94.6 Å². The number of carbonyl (C=O) groups excluding carboxylic acids is 6. The number of ether oxygens (including phenoxy) is 1. The third-order valence-corrected chi connectivity index (χ3v) is 13.1. The molecule has 1 aliphatic carbocycles. The minimum atomic E-state index is -3.59. The maximum Gasteiger partial charge on any atom is 0.342 e. The first kappa shape index (κ1) is 45.1. The van der Waals surface area contributed by atoms with E-state index in [0.29, 0.717) is 61.5 Å². The van der Waals surface area contributed by atoms with Gasteiger partial charge in [-0.2, -0.15) is 13.8 Å². The van der Waals surface area contributed by atoms with Crippen LogP contribution in [0.3, 0.4) is 0 Å². The summed E-state index contributed by atoms with van der Waals surface area (Å²) in [5.74, 6) is -5.58. The average molecular weight is 900 g/mol. The predicted octanol–water partition coefficient (Wildman–Crippen LogP) is 3.06. The molecule has 0 spiro atoms. The Hall–Kier alpha value is -6.44. The third kappa shape index (κ3) is 10.3. The minimum Gasteiger partial charge on any atom is -0.495 e. The standard InChI is InChI=1S/C45H55F2N11O7/c1-54-35-26-48-44(53-39(35)58(32-5-3-4-6-32)27-45(46,47)43(54)64)51-33-12-9-29(25-36(33)65-2)41(62)49-30-15-19-57(20-16-30)38(60)17-18-55-21-23-56(24-22-55)31-10-7-28(8-11-31)40(61)50-34-13-14-37(59)52-42(34)63/h7-12,25-26,30,32,34H,3-6,13-24,27H2,1-2H3,(H,49,62)(H,50,61)(H,48,51,53)(H,52,59,63). The van der Waals surface area contributed by atoms with Crippen LogP contribution in [0.4, 0.5) is 37.6 Å². The van der Waals surface area contributed by atoms with E-state index < -0.39 is 30.3 Å². The Labute approximate surface area is 375 Å². The van der Waals surface area contributed by atoms with E-state index in [1.54, 1.807) is 30.3 Å². The van der Waals surface area contributed by atoms with Crippen LogP contribution >= 0.6 is 0 Å². The summed E-state index contributed by atoms with van der Waals surface area (Å²) in [7, 11) is 2.77. The molecule has 2 aromatic carbocycles. The summed E-state index contributed by atoms with van der Waals surface area (Å²) >= 11 is 0. The first-order chi connectivity index (χ1) is 31.3. The Morgan fingerprint density at radius 1 is 0.877 bits per heavy atom. The second-order valence-corrected chi connectivity index (χ2v) is 17.3. The number of alkyl halides is 2. The molecular weight excluding hydrogens is 845 g/mol. The molecule has 3 saturated heterocycles. The van der Waals surface area contributed by atoms with Crippen molar-refractivity contribution in [3.63, 3.8) is 0 Å². The number of anilines is 5. The van der Waals surface area contributed by atoms with Gasteiger partial charge in [-0.15, -0.1) is 0 Å². The monoisotopic (exact) mass is 899 g/mol. The smallest absolute Gasteiger partial charge is 0.342 e. The molecular formula is C45H55F2N11O7. The van der Waals surface area contributed by atoms with E-state index >= 15 is 8.78 Å². The molecule has 5 aliphatic rings. The SMILES string of the molecule is COc1cc(C(=O)NC2CCN(C(=O)CCN3CCN(c4ccc(C(=O)NC5CCC(=O)NC5=O)cc4)CC3)CC2)ccc1Nc1ncc2c(n1)N(C1CCCC1)CC(F)(F)C(=O)N2C. The number of nitrogens with zero attached hydrogens (tertiary/aromatic N) is 7. The lowest BCUT2D eigenvalue weighted by atomic mass is 10.0. The van der Waals surface area contributed by atoms with Crippen LogP contribution in [0, 0.1) is 0 Å². The summed E-state index contributed by atoms with van der Waals surface area (Å²) in [6.45, 7) is 4.04. The lowest BCUT2D eigenvalue weighted by molar-refractivity contribution is -0.140. The summed E-state index contributed by atoms with van der Waals surface area (Å²) in [5, 5.41) is 11.1. The second kappa shape index (κ2) is 19.3. The van der Waals surface area contributed by atoms with Crippen LogP contribution in [-0.2, 0) is 19.2 Å². The van der Waals surface area contributed by atoms with Crippen molar-refractivity contribution in [1.82, 2.24) is 35.7 Å². The van der Waals surface area contributed by atoms with Crippen molar-refractivity contribution in [2.45, 2.75) is 81.8 Å². The van der Waals surface area contributed by atoms with Crippen molar-refractivity contribution < 1.29 is 42.3 Å². The van der Waals surface area contributed by atoms with E-state index in [4.69, 9.17) is 4.74 Å². The number of piperidine rings is 2. The zero-order chi connectivity index (χ0) is 45.8. The Balaban J connectivity index is 0.776. The number of fused-ring (bicyclic) bond motifs is 1. The van der Waals surface area contributed by atoms with Gasteiger partial charge in [-0.05, 0) is 74.6 Å². The molecule has 346 valence electrons. The molecule has 1 saturated carbocycles. The lowest BCUT2D eigenvalue weighted by Gasteiger charge is -2.37. The molecule has 8 rings (SSSR count). The van der Waals surface area contributed by atoms with Gasteiger partial charge >= 0.3 is 5.92 Å². The molecule has 18 nitrogen and oxygen atoms in total. The highest BCUT2D eigenvalue weighted by Gasteiger charge is 2.49. The summed E-state index contributed by atoms with van der Waals surface area (Å²) in [6, 6.07) is 11.1. The van der Waals surface area contributed by atoms with Gasteiger partial charge in [-0.1, -0.05) is 12.8 Å². The quantitative estimate of drug-likeness (QED) is 0.194. The maximum atomic E-state index is 15.0. The topological polar surface area (TPSA) is 202 Å². The van der Waals surface area contributed by atoms with Crippen LogP contribution in [-0.4, -0.2) is 146 Å². The maximum absolute atomic E-state index is 15.0. The summed E-state index contributed by atoms with van der Waals surface area (Å²) in [4.78, 5) is 93.2. The van der Waals surface area contributed by atoms with Crippen molar-refractivity contribution in [3.05, 3.63) is 59.8 Å². The highest BCUT2D eigenvalue weighted by atomic mass is 19.3. The fraction of sp³-hybridized carbons (Fsp3) is 0.511. The van der Waals surface area contributed by atoms with Gasteiger partial charge < -0.3 is 40.3 Å². The predicted molar refractivity (Wildman–Crippen MR) is 237 cm³/mol. The Bertz CT molecular complexity index is 2300. The van der Waals surface area contributed by atoms with E-state index in [9.17, 15) is 28.8 Å². The third-order valence-electron chi connectivity index (χ3n) is 13.1. The van der Waals surface area contributed by atoms with Gasteiger partial charge in [0.05, 0.1) is 25.5 Å². The summed E-state index contributed by atoms with van der Waals surface area (Å²) < 4.78 is 35.7. The number of methoxy groups -OCH3 is 1. The average Bonchev–Trinajstić information content (AvgIpc) is 3.84. The van der Waals surface area contributed by atoms with Crippen molar-refractivity contribution in [3.8, 4) is 5.75 Å². The second-order valence-electron chi connectivity index (χ2n) is 17.3. The Morgan fingerprint density at radius 3 is 2.26 bits per heavy atom. The van der Waals surface area contributed by atoms with Gasteiger partial charge in [0.25, 0.3) is 17.7 Å². The van der Waals surface area contributed by atoms with Crippen LogP contribution in [0.5, 0.6) is 5.75 Å². The van der Waals surface area contributed by atoms with Crippen LogP contribution in [0.2, 0.25) is 0 Å². The number of nitrogens with one attached hydrogen (secondary N) is 4. The molecule has 5 heterocycles. The minimum absolute atomic E-state index is 0.0827. The van der Waals surface area contributed by atoms with Gasteiger partial charge in [0.15, 0.2) is 5.82 Å². The van der Waals surface area contributed by atoms with Gasteiger partial charge in [-0.25, -0.2) is 4.98 Å². The number of amides is 6. The number of imide groups is 1. The summed E-state index contributed by atoms with van der Waals surface area (Å²) in [5.41, 5.74) is 2.44. The van der Waals surface area contributed by atoms with Crippen molar-refractivity contribution >= 4 is 64.3 Å². The zero-order valence-corrected chi connectivity index (χ0v) is 36.6. The van der Waals surface area contributed by atoms with E-state index in [0.717, 1.165) is 62.4 Å². The molecule has 4 N–H and O–H groups in total. The molecule has 4 aliphatic heterocycles. The number of carbonyl (C=O) groups is 6. The van der Waals surface area contributed by atoms with Gasteiger partial charge in [0.2, 0.25) is 23.7 Å². The molecule has 65 heavy (non-hydrogen) atoms. The van der Waals surface area contributed by atoms with E-state index in [2.05, 4.69) is 41.0 Å². The molecule has 1 unspecified atom stereocenters. The molecule has 20 heteroatoms. The first-order valence-electron chi connectivity index (χ1n) is 22.3. The number of hydrogen-bond acceptors (Lipinski definition) is 13. The van der Waals surface area contributed by atoms with E-state index in [1.807, 2.05) is 17.0 Å². The normalized spacial score (nSPS) is 20.8. The number of halogens is 2. The van der Waals surface area contributed by atoms with Crippen LogP contribution in [0.25, 0.3) is 0 Å². The number of benzene rings is 2. The highest BCUT2D eigenvalue weighted by molar-refractivity contribution is 6.04. The fourth-order valence-electron chi connectivity index (χ4n) is 9.24. The molecule has 0 bridgehead atoms. The molecule has 1 atom stereocenters. The summed E-state index contributed by atoms with van der Waals surface area (Å²) in [6.07, 6.45) is 6.72. The number of aromatic nitrogens is 2. The number of piperazine rings is 1. The lowest BCUT2D eigenvalue weighted by Crippen LogP contribution is -2.52. The van der Waals surface area contributed by atoms with Crippen molar-refractivity contribution in [2.75, 3.05) is 86.5 Å². The van der Waals surface area contributed by atoms with Crippen LogP contribution < -0.4 is 40.7 Å². The number of likely N-dealkylation sites (tertiary alicyclic amines) is 1. The van der Waals surface area contributed by atoms with E-state index in [1.165, 1.54) is 25.3 Å². The number of hydrogen-bond donors (Lipinski definition) is 4. The van der Waals surface area contributed by atoms with Gasteiger partial charge in [-0.3, -0.25) is 39.0 Å². The van der Waals surface area contributed by atoms with Crippen molar-refractivity contribution in [2.24, 2.45) is 0 Å². The molecule has 3 aromatic rings. The highest BCUT2D eigenvalue weighted by Crippen LogP contribution is 2.40. The van der Waals surface area contributed by atoms with Crippen LogP contribution in [0.1, 0.15) is 78.5 Å². The molecule has 1 aromatic heterocycles. The molecule has 4 fully saturated rings. The van der Waals surface area contributed by atoms with E-state index in [-0.39, 0.29) is 66.0 Å².